The molecule has 4 aromatic heterocycles. The van der Waals surface area contributed by atoms with Gasteiger partial charge in [-0.25, -0.2) is 57.9 Å². The Balaban J connectivity index is 0.000000172. The highest BCUT2D eigenvalue weighted by molar-refractivity contribution is 6.61. The molecule has 0 unspecified atom stereocenters. The van der Waals surface area contributed by atoms with Crippen LogP contribution < -0.4 is 62.1 Å². The van der Waals surface area contributed by atoms with E-state index in [-0.39, 0.29) is 65.1 Å². The standard InChI is InChI=1S/C21H19N5O3.C17H22N4O4.C12H14N4O2.C12H19N3O4.C10H17NO3.C7H4ClNO4.C5H6BNO2/c1-2-15-4-3-5-16(14-15)23-19(28)25-12-8-21(9-13-25)18(27)26(20(29)24-21)17-6-10-22-11-7-17;1-16(2,3)25-15(24)20-10-6-17(7-11-20)13(22)21(14(23)19-17)12-4-8-18-9-5-12;17-10-12(3-7-14-8-4-12)15-11(18)16(10)9-1-5-13-6-2-9;1-11(2,3)19-10(18)15-6-4-12(5-7-15)8(16)13-9(17)14-12;1-10(2,3)14-9(13)11-6-4-8(12)5-7-11;8-7(10)13-6-3-1-5(2-4-6)9(11)12;8-6(9)5-1-3-7-4-2-5/h1,3-7,10-11,14H,8-9,12-13H2,(H,23,28)(H,24,29);4-5,8-9H,6-7,10-11H2,1-3H3,(H,19,23);1-2,5-6,14H,3-4,7-8H2,(H,15,18);4-7H2,1-3H3,(H2,13,14,16,17);4-7H2,1-3H3;1-4H;1-4,8-9H. The first-order valence-corrected chi connectivity index (χ1v) is 40.9. The van der Waals surface area contributed by atoms with E-state index in [2.05, 4.69) is 67.8 Å². The van der Waals surface area contributed by atoms with E-state index in [0.717, 1.165) is 22.9 Å². The summed E-state index contributed by atoms with van der Waals surface area (Å²) in [6.07, 6.45) is 21.0. The molecule has 0 saturated carbocycles. The van der Waals surface area contributed by atoms with Gasteiger partial charge >= 0.3 is 61.0 Å². The van der Waals surface area contributed by atoms with Crippen molar-refractivity contribution >= 4 is 136 Å². The van der Waals surface area contributed by atoms with E-state index in [1.807, 2.05) is 41.5 Å². The monoisotopic (exact) mass is 1770 g/mol. The highest BCUT2D eigenvalue weighted by Crippen LogP contribution is 2.37. The van der Waals surface area contributed by atoms with Crippen molar-refractivity contribution in [3.8, 4) is 18.1 Å². The zero-order chi connectivity index (χ0) is 92.8. The zero-order valence-electron chi connectivity index (χ0n) is 71.5. The number of hydrogen-bond donors (Lipinski definition) is 9. The third-order valence-corrected chi connectivity index (χ3v) is 20.7. The van der Waals surface area contributed by atoms with Crippen LogP contribution in [0.1, 0.15) is 132 Å². The number of amides is 17. The first-order valence-electron chi connectivity index (χ1n) is 40.5. The van der Waals surface area contributed by atoms with Crippen molar-refractivity contribution in [2.24, 2.45) is 0 Å². The average molecular weight is 1780 g/mol. The summed E-state index contributed by atoms with van der Waals surface area (Å²) in [5.41, 5.74) is -2.84. The average Bonchev–Trinajstić information content (AvgIpc) is 1.61. The number of pyridine rings is 4. The fourth-order valence-electron chi connectivity index (χ4n) is 14.1. The third kappa shape index (κ3) is 26.4. The number of anilines is 4. The maximum Gasteiger partial charge on any atom is 0.488 e. The Kier molecular flexibility index (Phi) is 32.3. The van der Waals surface area contributed by atoms with Gasteiger partial charge in [-0.3, -0.25) is 59.3 Å². The van der Waals surface area contributed by atoms with Crippen LogP contribution in [0.15, 0.2) is 147 Å². The number of halogens is 1. The van der Waals surface area contributed by atoms with Crippen LogP contribution in [-0.4, -0.2) is 249 Å². The number of likely N-dealkylation sites (tertiary alicyclic amines) is 4. The maximum atomic E-state index is 13.0. The second-order valence-corrected chi connectivity index (χ2v) is 33.5. The highest BCUT2D eigenvalue weighted by Gasteiger charge is 2.56. The van der Waals surface area contributed by atoms with Crippen molar-refractivity contribution in [3.05, 3.63) is 162 Å². The van der Waals surface area contributed by atoms with Gasteiger partial charge in [-0.1, -0.05) is 12.0 Å². The van der Waals surface area contributed by atoms with E-state index in [0.29, 0.717) is 150 Å². The number of Topliss-reactive ketones (excluding diaryl/α,β-unsaturated/α-hetero) is 1. The number of hydrogen-bond acceptors (Lipinski definition) is 27. The topological polar surface area (TPSA) is 518 Å². The van der Waals surface area contributed by atoms with Crippen LogP contribution in [0.5, 0.6) is 5.75 Å². The molecular weight excluding hydrogens is 1670 g/mol. The highest BCUT2D eigenvalue weighted by atomic mass is 35.5. The molecule has 9 saturated heterocycles. The van der Waals surface area contributed by atoms with E-state index in [1.54, 1.807) is 126 Å². The molecule has 43 heteroatoms. The number of carbonyl (C=O) groups excluding carboxylic acids is 14. The number of aromatic nitrogens is 4. The third-order valence-electron chi connectivity index (χ3n) is 20.7. The van der Waals surface area contributed by atoms with Gasteiger partial charge in [0.25, 0.3) is 29.3 Å². The van der Waals surface area contributed by atoms with Gasteiger partial charge < -0.3 is 80.5 Å². The van der Waals surface area contributed by atoms with E-state index in [4.69, 9.17) is 42.3 Å². The molecule has 6 aromatic rings. The van der Waals surface area contributed by atoms with Gasteiger partial charge in [0, 0.05) is 150 Å². The molecule has 4 spiro atoms. The minimum atomic E-state index is -1.38. The van der Waals surface area contributed by atoms with Gasteiger partial charge in [0.05, 0.1) is 22.0 Å². The van der Waals surface area contributed by atoms with Crippen molar-refractivity contribution in [2.45, 2.75) is 165 Å². The first-order chi connectivity index (χ1) is 60.0. The molecule has 0 bridgehead atoms. The maximum absolute atomic E-state index is 13.0. The number of nitrogens with one attached hydrogen (secondary N) is 7. The molecule has 41 nitrogen and oxygen atoms in total. The number of terminal acetylenes is 1. The number of rotatable bonds is 7. The Bertz CT molecular complexity index is 5020. The van der Waals surface area contributed by atoms with Crippen LogP contribution in [0.3, 0.4) is 0 Å². The van der Waals surface area contributed by atoms with Gasteiger partial charge in [0.2, 0.25) is 0 Å². The van der Waals surface area contributed by atoms with Gasteiger partial charge in [0.15, 0.2) is 0 Å². The number of imide groups is 4. The summed E-state index contributed by atoms with van der Waals surface area (Å²) in [6.45, 7) is 21.0. The molecule has 9 N–H and O–H groups in total. The Labute approximate surface area is 736 Å². The van der Waals surface area contributed by atoms with Crippen LogP contribution >= 0.6 is 11.6 Å². The second kappa shape index (κ2) is 42.3. The van der Waals surface area contributed by atoms with E-state index < -0.39 is 80.6 Å². The summed E-state index contributed by atoms with van der Waals surface area (Å²) in [7, 11) is -1.38. The van der Waals surface area contributed by atoms with Crippen LogP contribution in [0.4, 0.5) is 71.6 Å². The molecule has 15 rings (SSSR count). The summed E-state index contributed by atoms with van der Waals surface area (Å²) in [6, 6.07) is 23.0. The molecule has 0 aliphatic carbocycles. The molecule has 674 valence electrons. The first kappa shape index (κ1) is 97.0. The van der Waals surface area contributed by atoms with Crippen LogP contribution in [0, 0.1) is 22.5 Å². The van der Waals surface area contributed by atoms with Crippen molar-refractivity contribution in [1.82, 2.24) is 71.4 Å². The van der Waals surface area contributed by atoms with E-state index in [1.165, 1.54) is 66.3 Å². The fourth-order valence-corrected chi connectivity index (χ4v) is 14.2. The van der Waals surface area contributed by atoms with E-state index >= 15 is 0 Å². The summed E-state index contributed by atoms with van der Waals surface area (Å²) in [5.74, 6) is 1.89. The molecule has 127 heavy (non-hydrogen) atoms. The quantitative estimate of drug-likeness (QED) is 0.0141. The van der Waals surface area contributed by atoms with Gasteiger partial charge in [-0.05, 0) is 211 Å². The molecule has 9 fully saturated rings. The number of nitro benzene ring substituents is 1. The van der Waals surface area contributed by atoms with Crippen molar-refractivity contribution < 1.29 is 101 Å². The second-order valence-electron chi connectivity index (χ2n) is 33.1. The Morgan fingerprint density at radius 1 is 0.504 bits per heavy atom. The number of nitro groups is 1. The number of non-ortho nitro benzene ring substituents is 1. The minimum Gasteiger partial charge on any atom is -0.444 e. The molecular formula is C84H101BClN19O22. The number of ether oxygens (including phenoxy) is 4. The summed E-state index contributed by atoms with van der Waals surface area (Å²) in [5, 5.41) is 46.7. The number of ketones is 1. The molecule has 13 heterocycles. The molecule has 17 amide bonds. The van der Waals surface area contributed by atoms with E-state index in [9.17, 15) is 77.2 Å². The Morgan fingerprint density at radius 3 is 1.20 bits per heavy atom. The molecule has 0 radical (unpaired) electrons. The predicted molar refractivity (Wildman–Crippen MR) is 460 cm³/mol. The molecule has 9 aliphatic heterocycles. The van der Waals surface area contributed by atoms with Gasteiger partial charge in [-0.15, -0.1) is 6.42 Å². The lowest BCUT2D eigenvalue weighted by Gasteiger charge is -2.37. The number of urea groups is 5. The fraction of sp³-hybridized carbons (Fsp3) is 0.429. The lowest BCUT2D eigenvalue weighted by molar-refractivity contribution is -0.384. The predicted octanol–water partition coefficient (Wildman–Crippen LogP) is 7.63. The van der Waals surface area contributed by atoms with Crippen molar-refractivity contribution in [3.63, 3.8) is 0 Å². The number of benzene rings is 2. The van der Waals surface area contributed by atoms with Gasteiger partial charge in [-0.2, -0.15) is 0 Å². The molecule has 2 aromatic carbocycles. The lowest BCUT2D eigenvalue weighted by Crippen LogP contribution is -2.56. The van der Waals surface area contributed by atoms with Crippen molar-refractivity contribution in [2.75, 3.05) is 85.5 Å². The van der Waals surface area contributed by atoms with Crippen LogP contribution in [0.2, 0.25) is 0 Å². The van der Waals surface area contributed by atoms with Gasteiger partial charge in [0.1, 0.15) is 50.5 Å². The molecule has 0 atom stereocenters. The smallest absolute Gasteiger partial charge is 0.444 e. The SMILES string of the molecule is C#Cc1cccc(NC(=O)N2CCC3(CC2)NC(=O)N(c2ccncc2)C3=O)c1.CC(C)(C)OC(=O)N1CCC(=O)CC1.CC(C)(C)OC(=O)N1CCC2(CC1)NC(=O)N(c1ccncc1)C2=O.CC(C)(C)OC(=O)N1CCC2(CC1)NC(=O)NC2=O.O=C(Cl)Oc1ccc([N+](=O)[O-])cc1.O=C1NC2(CCNCC2)C(=O)N1c1ccncc1.OB(O)c1ccncc1. The van der Waals surface area contributed by atoms with Crippen LogP contribution in [-0.2, 0) is 38.2 Å². The summed E-state index contributed by atoms with van der Waals surface area (Å²) >= 11 is 4.92. The van der Waals surface area contributed by atoms with Crippen LogP contribution in [0.25, 0.3) is 0 Å². The lowest BCUT2D eigenvalue weighted by atomic mass is 9.81. The largest absolute Gasteiger partial charge is 0.488 e. The summed E-state index contributed by atoms with van der Waals surface area (Å²) in [4.78, 5) is 202. The Morgan fingerprint density at radius 2 is 0.866 bits per heavy atom. The zero-order valence-corrected chi connectivity index (χ0v) is 72.2. The molecule has 9 aliphatic rings. The Hall–Kier alpha value is -13.8. The number of carbonyl (C=O) groups is 14. The normalized spacial score (nSPS) is 18.1. The number of piperidine rings is 5. The summed E-state index contributed by atoms with van der Waals surface area (Å²) < 4.78 is 20.3. The van der Waals surface area contributed by atoms with Crippen molar-refractivity contribution in [1.29, 1.82) is 0 Å². The minimum absolute atomic E-state index is 0.0747. The number of nitrogens with zero attached hydrogens (tertiary/aromatic N) is 12.